The van der Waals surface area contributed by atoms with Crippen LogP contribution in [0.5, 0.6) is 0 Å². The van der Waals surface area contributed by atoms with Crippen LogP contribution in [-0.4, -0.2) is 37.5 Å². The molecule has 2 aromatic rings. The average molecular weight is 455 g/mol. The summed E-state index contributed by atoms with van der Waals surface area (Å²) < 4.78 is 23.3. The highest BCUT2D eigenvalue weighted by Crippen LogP contribution is 2.51. The maximum Gasteiger partial charge on any atom is 0.335 e. The fourth-order valence-electron chi connectivity index (χ4n) is 2.96. The average Bonchev–Trinajstić information content (AvgIpc) is 2.71. The van der Waals surface area contributed by atoms with Gasteiger partial charge in [0, 0.05) is 29.8 Å². The van der Waals surface area contributed by atoms with Crippen LogP contribution in [0.15, 0.2) is 48.5 Å². The van der Waals surface area contributed by atoms with Gasteiger partial charge < -0.3 is 24.8 Å². The molecule has 2 unspecified atom stereocenters. The Balaban J connectivity index is 1.79. The third-order valence-electron chi connectivity index (χ3n) is 4.49. The van der Waals surface area contributed by atoms with Gasteiger partial charge in [0.25, 0.3) is 0 Å². The largest absolute Gasteiger partial charge is 0.387 e. The Labute approximate surface area is 184 Å². The van der Waals surface area contributed by atoms with Crippen LogP contribution in [0, 0.1) is 0 Å². The van der Waals surface area contributed by atoms with E-state index in [9.17, 15) is 9.67 Å². The highest BCUT2D eigenvalue weighted by Gasteiger charge is 2.23. The minimum absolute atomic E-state index is 0.148. The first kappa shape index (κ1) is 24.9. The summed E-state index contributed by atoms with van der Waals surface area (Å²) in [5.74, 6) is 0. The second-order valence-corrected chi connectivity index (χ2v) is 9.55. The first-order chi connectivity index (χ1) is 14.3. The number of benzene rings is 2. The van der Waals surface area contributed by atoms with Gasteiger partial charge >= 0.3 is 7.60 Å². The summed E-state index contributed by atoms with van der Waals surface area (Å²) in [4.78, 5) is 0. The van der Waals surface area contributed by atoms with Crippen LogP contribution in [-0.2, 0) is 19.8 Å². The molecule has 0 aliphatic carbocycles. The second-order valence-electron chi connectivity index (χ2n) is 7.06. The van der Waals surface area contributed by atoms with Crippen LogP contribution >= 0.6 is 19.2 Å². The number of aliphatic hydroxyl groups excluding tert-OH is 1. The Kier molecular flexibility index (Phi) is 10.3. The summed E-state index contributed by atoms with van der Waals surface area (Å²) >= 11 is 5.98. The number of rotatable bonds is 13. The molecule has 166 valence electrons. The van der Waals surface area contributed by atoms with Gasteiger partial charge in [-0.05, 0) is 56.2 Å². The Bertz CT molecular complexity index is 809. The summed E-state index contributed by atoms with van der Waals surface area (Å²) in [7, 11) is -3.10. The molecule has 0 aliphatic heterocycles. The van der Waals surface area contributed by atoms with Crippen molar-refractivity contribution in [2.24, 2.45) is 0 Å². The quantitative estimate of drug-likeness (QED) is 0.360. The minimum atomic E-state index is -3.10. The van der Waals surface area contributed by atoms with Crippen LogP contribution in [0.2, 0.25) is 5.02 Å². The zero-order chi connectivity index (χ0) is 22.0. The fraction of sp³-hybridized carbons (Fsp3) is 0.455. The van der Waals surface area contributed by atoms with Crippen molar-refractivity contribution in [1.29, 1.82) is 0 Å². The van der Waals surface area contributed by atoms with Crippen molar-refractivity contribution in [2.45, 2.75) is 39.1 Å². The standard InChI is InChI=1S/C22H32ClN2O4P/c1-4-28-30(27,29-5-2)16-18-9-11-21(12-10-18)25-14-17(3)24-15-22(26)19-7-6-8-20(23)13-19/h6-13,17,22,24-26H,4-5,14-16H2,1-3H3. The molecule has 0 saturated heterocycles. The summed E-state index contributed by atoms with van der Waals surface area (Å²) in [5, 5.41) is 17.6. The van der Waals surface area contributed by atoms with E-state index in [4.69, 9.17) is 20.6 Å². The molecule has 2 atom stereocenters. The summed E-state index contributed by atoms with van der Waals surface area (Å²) in [5.41, 5.74) is 2.66. The third kappa shape index (κ3) is 8.38. The molecule has 6 nitrogen and oxygen atoms in total. The molecular formula is C22H32ClN2O4P. The summed E-state index contributed by atoms with van der Waals surface area (Å²) in [6.07, 6.45) is -0.356. The lowest BCUT2D eigenvalue weighted by atomic mass is 10.1. The van der Waals surface area contributed by atoms with E-state index in [2.05, 4.69) is 10.6 Å². The third-order valence-corrected chi connectivity index (χ3v) is 6.78. The van der Waals surface area contributed by atoms with Crippen molar-refractivity contribution < 1.29 is 18.7 Å². The van der Waals surface area contributed by atoms with E-state index in [1.54, 1.807) is 12.1 Å². The minimum Gasteiger partial charge on any atom is -0.387 e. The van der Waals surface area contributed by atoms with Crippen LogP contribution in [0.25, 0.3) is 0 Å². The number of hydrogen-bond donors (Lipinski definition) is 3. The van der Waals surface area contributed by atoms with Gasteiger partial charge in [-0.2, -0.15) is 0 Å². The number of anilines is 1. The molecule has 0 amide bonds. The molecule has 2 aromatic carbocycles. The predicted octanol–water partition coefficient (Wildman–Crippen LogP) is 5.23. The monoisotopic (exact) mass is 454 g/mol. The van der Waals surface area contributed by atoms with Gasteiger partial charge in [0.2, 0.25) is 0 Å². The van der Waals surface area contributed by atoms with E-state index in [1.165, 1.54) is 0 Å². The second kappa shape index (κ2) is 12.5. The van der Waals surface area contributed by atoms with Crippen LogP contribution in [0.4, 0.5) is 5.69 Å². The van der Waals surface area contributed by atoms with Crippen molar-refractivity contribution in [3.8, 4) is 0 Å². The molecule has 0 aliphatic rings. The van der Waals surface area contributed by atoms with Crippen molar-refractivity contribution in [2.75, 3.05) is 31.6 Å². The Morgan fingerprint density at radius 2 is 1.73 bits per heavy atom. The zero-order valence-corrected chi connectivity index (χ0v) is 19.5. The van der Waals surface area contributed by atoms with Gasteiger partial charge in [0.1, 0.15) is 0 Å². The molecule has 0 radical (unpaired) electrons. The topological polar surface area (TPSA) is 79.8 Å². The fourth-order valence-corrected chi connectivity index (χ4v) is 4.86. The molecule has 0 spiro atoms. The maximum absolute atomic E-state index is 12.6. The number of hydrogen-bond acceptors (Lipinski definition) is 6. The van der Waals surface area contributed by atoms with E-state index in [1.807, 2.05) is 57.2 Å². The lowest BCUT2D eigenvalue weighted by Crippen LogP contribution is -2.35. The molecule has 30 heavy (non-hydrogen) atoms. The molecule has 8 heteroatoms. The number of aliphatic hydroxyl groups is 1. The van der Waals surface area contributed by atoms with Gasteiger partial charge in [-0.25, -0.2) is 0 Å². The summed E-state index contributed by atoms with van der Waals surface area (Å²) in [6.45, 7) is 7.50. The lowest BCUT2D eigenvalue weighted by molar-refractivity contribution is 0.171. The van der Waals surface area contributed by atoms with E-state index in [0.29, 0.717) is 31.3 Å². The van der Waals surface area contributed by atoms with E-state index < -0.39 is 13.7 Å². The molecular weight excluding hydrogens is 423 g/mol. The van der Waals surface area contributed by atoms with E-state index in [0.717, 1.165) is 16.8 Å². The Hall–Kier alpha value is -1.40. The normalized spacial score (nSPS) is 13.8. The van der Waals surface area contributed by atoms with Crippen LogP contribution < -0.4 is 10.6 Å². The smallest absolute Gasteiger partial charge is 0.335 e. The molecule has 0 saturated carbocycles. The lowest BCUT2D eigenvalue weighted by Gasteiger charge is -2.19. The number of nitrogens with one attached hydrogen (secondary N) is 2. The molecule has 3 N–H and O–H groups in total. The first-order valence-corrected chi connectivity index (χ1v) is 12.3. The van der Waals surface area contributed by atoms with Crippen molar-refractivity contribution >= 4 is 24.9 Å². The Morgan fingerprint density at radius 3 is 2.33 bits per heavy atom. The maximum atomic E-state index is 12.6. The van der Waals surface area contributed by atoms with Crippen molar-refractivity contribution in [1.82, 2.24) is 5.32 Å². The highest BCUT2D eigenvalue weighted by molar-refractivity contribution is 7.53. The van der Waals surface area contributed by atoms with Gasteiger partial charge in [-0.1, -0.05) is 35.9 Å². The SMILES string of the molecule is CCOP(=O)(Cc1ccc(NCC(C)NCC(O)c2cccc(Cl)c2)cc1)OCC. The predicted molar refractivity (Wildman–Crippen MR) is 123 cm³/mol. The summed E-state index contributed by atoms with van der Waals surface area (Å²) in [6, 6.07) is 15.1. The van der Waals surface area contributed by atoms with E-state index in [-0.39, 0.29) is 12.2 Å². The Morgan fingerprint density at radius 1 is 1.07 bits per heavy atom. The van der Waals surface area contributed by atoms with Gasteiger partial charge in [-0.15, -0.1) is 0 Å². The van der Waals surface area contributed by atoms with E-state index >= 15 is 0 Å². The zero-order valence-electron chi connectivity index (χ0n) is 17.8. The molecule has 0 heterocycles. The van der Waals surface area contributed by atoms with Crippen molar-refractivity contribution in [3.05, 3.63) is 64.7 Å². The van der Waals surface area contributed by atoms with Gasteiger partial charge in [0.15, 0.2) is 0 Å². The number of halogens is 1. The molecule has 0 aromatic heterocycles. The van der Waals surface area contributed by atoms with Gasteiger partial charge in [0.05, 0.1) is 25.5 Å². The molecule has 2 rings (SSSR count). The first-order valence-electron chi connectivity index (χ1n) is 10.2. The van der Waals surface area contributed by atoms with Crippen molar-refractivity contribution in [3.63, 3.8) is 0 Å². The van der Waals surface area contributed by atoms with Crippen LogP contribution in [0.3, 0.4) is 0 Å². The molecule has 0 fully saturated rings. The highest BCUT2D eigenvalue weighted by atomic mass is 35.5. The molecule has 0 bridgehead atoms. The van der Waals surface area contributed by atoms with Crippen LogP contribution in [0.1, 0.15) is 38.0 Å². The van der Waals surface area contributed by atoms with Gasteiger partial charge in [-0.3, -0.25) is 4.57 Å².